The zero-order valence-electron chi connectivity index (χ0n) is 12.6. The second-order valence-corrected chi connectivity index (χ2v) is 6.80. The molecule has 1 aliphatic carbocycles. The van der Waals surface area contributed by atoms with Crippen LogP contribution >= 0.6 is 35.3 Å². The predicted molar refractivity (Wildman–Crippen MR) is 100 cm³/mol. The van der Waals surface area contributed by atoms with Crippen molar-refractivity contribution < 1.29 is 0 Å². The topological polar surface area (TPSA) is 74.3 Å². The van der Waals surface area contributed by atoms with E-state index in [1.54, 1.807) is 11.3 Å². The SMILES string of the molecule is Cc1csc2c1C(=NNC(=N)N)CC(c1ccccc1Cl)C2.Cl. The molecular weight excluding hydrogens is 351 g/mol. The van der Waals surface area contributed by atoms with Crippen molar-refractivity contribution in [2.45, 2.75) is 25.7 Å². The summed E-state index contributed by atoms with van der Waals surface area (Å²) in [5, 5.41) is 14.6. The Morgan fingerprint density at radius 1 is 1.39 bits per heavy atom. The summed E-state index contributed by atoms with van der Waals surface area (Å²) in [5.41, 5.74) is 12.5. The lowest BCUT2D eigenvalue weighted by molar-refractivity contribution is 0.701. The highest BCUT2D eigenvalue weighted by Gasteiger charge is 2.28. The maximum atomic E-state index is 7.30. The number of aryl methyl sites for hydroxylation is 1. The molecule has 7 heteroatoms. The minimum absolute atomic E-state index is 0. The number of hydrogen-bond acceptors (Lipinski definition) is 3. The molecule has 4 N–H and O–H groups in total. The minimum Gasteiger partial charge on any atom is -0.369 e. The fourth-order valence-electron chi connectivity index (χ4n) is 2.92. The Morgan fingerprint density at radius 2 is 2.13 bits per heavy atom. The summed E-state index contributed by atoms with van der Waals surface area (Å²) >= 11 is 8.12. The van der Waals surface area contributed by atoms with E-state index < -0.39 is 0 Å². The lowest BCUT2D eigenvalue weighted by Gasteiger charge is -2.25. The molecule has 3 rings (SSSR count). The highest BCUT2D eigenvalue weighted by atomic mass is 35.5. The summed E-state index contributed by atoms with van der Waals surface area (Å²) in [7, 11) is 0. The molecule has 0 bridgehead atoms. The van der Waals surface area contributed by atoms with Crippen LogP contribution in [0.25, 0.3) is 0 Å². The molecule has 0 aliphatic heterocycles. The van der Waals surface area contributed by atoms with Crippen LogP contribution in [0.2, 0.25) is 5.02 Å². The second kappa shape index (κ2) is 7.34. The molecule has 1 heterocycles. The number of thiophene rings is 1. The van der Waals surface area contributed by atoms with E-state index in [0.717, 1.165) is 29.1 Å². The highest BCUT2D eigenvalue weighted by Crippen LogP contribution is 2.39. The van der Waals surface area contributed by atoms with Gasteiger partial charge in [0.05, 0.1) is 5.71 Å². The third kappa shape index (κ3) is 3.68. The van der Waals surface area contributed by atoms with Gasteiger partial charge in [0.2, 0.25) is 5.96 Å². The Labute approximate surface area is 150 Å². The zero-order chi connectivity index (χ0) is 15.7. The van der Waals surface area contributed by atoms with Crippen LogP contribution in [0, 0.1) is 12.3 Å². The molecule has 23 heavy (non-hydrogen) atoms. The molecule has 1 unspecified atom stereocenters. The van der Waals surface area contributed by atoms with Gasteiger partial charge < -0.3 is 5.73 Å². The Morgan fingerprint density at radius 3 is 2.83 bits per heavy atom. The van der Waals surface area contributed by atoms with Crippen LogP contribution in [0.1, 0.15) is 33.9 Å². The Kier molecular flexibility index (Phi) is 5.68. The van der Waals surface area contributed by atoms with Crippen molar-refractivity contribution in [3.63, 3.8) is 0 Å². The van der Waals surface area contributed by atoms with Crippen LogP contribution in [0.15, 0.2) is 34.7 Å². The minimum atomic E-state index is -0.151. The molecule has 1 aromatic carbocycles. The molecule has 2 aromatic rings. The molecule has 0 saturated heterocycles. The second-order valence-electron chi connectivity index (χ2n) is 5.43. The molecule has 0 radical (unpaired) electrons. The van der Waals surface area contributed by atoms with E-state index >= 15 is 0 Å². The van der Waals surface area contributed by atoms with Crippen molar-refractivity contribution in [2.75, 3.05) is 0 Å². The number of halogens is 2. The average molecular weight is 369 g/mol. The lowest BCUT2D eigenvalue weighted by atomic mass is 9.82. The van der Waals surface area contributed by atoms with Crippen LogP contribution in [0.4, 0.5) is 0 Å². The van der Waals surface area contributed by atoms with Gasteiger partial charge in [0.15, 0.2) is 0 Å². The maximum absolute atomic E-state index is 7.30. The number of nitrogens with one attached hydrogen (secondary N) is 2. The number of rotatable bonds is 2. The summed E-state index contributed by atoms with van der Waals surface area (Å²) in [6.45, 7) is 2.09. The molecule has 1 aromatic heterocycles. The first-order valence-electron chi connectivity index (χ1n) is 7.04. The van der Waals surface area contributed by atoms with Gasteiger partial charge in [-0.2, -0.15) is 5.10 Å². The third-order valence-electron chi connectivity index (χ3n) is 3.87. The number of hydrogen-bond donors (Lipinski definition) is 3. The van der Waals surface area contributed by atoms with Crippen LogP contribution in [-0.4, -0.2) is 11.7 Å². The third-order valence-corrected chi connectivity index (χ3v) is 5.34. The van der Waals surface area contributed by atoms with Crippen LogP contribution in [0.3, 0.4) is 0 Å². The predicted octanol–water partition coefficient (Wildman–Crippen LogP) is 4.05. The van der Waals surface area contributed by atoms with Crippen LogP contribution in [-0.2, 0) is 6.42 Å². The number of benzene rings is 1. The molecule has 0 amide bonds. The van der Waals surface area contributed by atoms with Gasteiger partial charge in [-0.15, -0.1) is 23.7 Å². The Bertz CT molecular complexity index is 754. The largest absolute Gasteiger partial charge is 0.369 e. The first-order valence-corrected chi connectivity index (χ1v) is 8.30. The quantitative estimate of drug-likeness (QED) is 0.424. The fourth-order valence-corrected chi connectivity index (χ4v) is 4.34. The fraction of sp³-hybridized carbons (Fsp3) is 0.250. The van der Waals surface area contributed by atoms with Gasteiger partial charge in [0, 0.05) is 15.5 Å². The lowest BCUT2D eigenvalue weighted by Crippen LogP contribution is -2.28. The van der Waals surface area contributed by atoms with Crippen molar-refractivity contribution in [3.8, 4) is 0 Å². The van der Waals surface area contributed by atoms with E-state index in [-0.39, 0.29) is 18.4 Å². The van der Waals surface area contributed by atoms with Crippen LogP contribution in [0.5, 0.6) is 0 Å². The number of fused-ring (bicyclic) bond motifs is 1. The standard InChI is InChI=1S/C16H17ClN4S.ClH/c1-9-8-22-14-7-10(11-4-2-3-5-12(11)17)6-13(15(9)14)20-21-16(18)19;/h2-5,8,10H,6-7H2,1H3,(H4,18,19,21);1H. The normalized spacial score (nSPS) is 18.2. The van der Waals surface area contributed by atoms with Crippen molar-refractivity contribution >= 4 is 47.0 Å². The van der Waals surface area contributed by atoms with E-state index in [1.165, 1.54) is 16.0 Å². The Hall–Kier alpha value is -1.56. The summed E-state index contributed by atoms with van der Waals surface area (Å²) in [5.74, 6) is 0.147. The van der Waals surface area contributed by atoms with Gasteiger partial charge in [0.25, 0.3) is 0 Å². The van der Waals surface area contributed by atoms with Crippen molar-refractivity contribution in [2.24, 2.45) is 10.8 Å². The highest BCUT2D eigenvalue weighted by molar-refractivity contribution is 7.10. The first-order chi connectivity index (χ1) is 10.6. The summed E-state index contributed by atoms with van der Waals surface area (Å²) < 4.78 is 0. The Balaban J connectivity index is 0.00000192. The molecule has 122 valence electrons. The number of nitrogens with zero attached hydrogens (tertiary/aromatic N) is 1. The van der Waals surface area contributed by atoms with Crippen LogP contribution < -0.4 is 11.2 Å². The average Bonchev–Trinajstić information content (AvgIpc) is 2.87. The van der Waals surface area contributed by atoms with Gasteiger partial charge in [-0.3, -0.25) is 5.41 Å². The van der Waals surface area contributed by atoms with Gasteiger partial charge in [-0.1, -0.05) is 29.8 Å². The van der Waals surface area contributed by atoms with Crippen molar-refractivity contribution in [1.82, 2.24) is 5.43 Å². The summed E-state index contributed by atoms with van der Waals surface area (Å²) in [6, 6.07) is 7.97. The van der Waals surface area contributed by atoms with Crippen molar-refractivity contribution in [1.29, 1.82) is 5.41 Å². The van der Waals surface area contributed by atoms with E-state index in [0.29, 0.717) is 5.92 Å². The van der Waals surface area contributed by atoms with E-state index in [9.17, 15) is 0 Å². The monoisotopic (exact) mass is 368 g/mol. The maximum Gasteiger partial charge on any atom is 0.206 e. The molecule has 4 nitrogen and oxygen atoms in total. The van der Waals surface area contributed by atoms with Gasteiger partial charge in [-0.25, -0.2) is 5.43 Å². The van der Waals surface area contributed by atoms with Gasteiger partial charge in [-0.05, 0) is 48.3 Å². The molecule has 0 spiro atoms. The summed E-state index contributed by atoms with van der Waals surface area (Å²) in [4.78, 5) is 1.32. The molecule has 0 fully saturated rings. The van der Waals surface area contributed by atoms with E-state index in [1.807, 2.05) is 18.2 Å². The van der Waals surface area contributed by atoms with Crippen molar-refractivity contribution in [3.05, 3.63) is 56.2 Å². The van der Waals surface area contributed by atoms with Gasteiger partial charge >= 0.3 is 0 Å². The molecule has 1 atom stereocenters. The molecular formula is C16H18Cl2N4S. The van der Waals surface area contributed by atoms with E-state index in [2.05, 4.69) is 28.9 Å². The molecule has 0 saturated carbocycles. The number of hydrazone groups is 1. The zero-order valence-corrected chi connectivity index (χ0v) is 15.0. The summed E-state index contributed by atoms with van der Waals surface area (Å²) in [6.07, 6.45) is 1.76. The number of nitrogens with two attached hydrogens (primary N) is 1. The smallest absolute Gasteiger partial charge is 0.206 e. The van der Waals surface area contributed by atoms with E-state index in [4.69, 9.17) is 22.7 Å². The van der Waals surface area contributed by atoms with Gasteiger partial charge in [0.1, 0.15) is 0 Å². The first kappa shape index (κ1) is 17.8. The number of guanidine groups is 1. The molecule has 1 aliphatic rings.